The second-order valence-electron chi connectivity index (χ2n) is 7.37. The highest BCUT2D eigenvalue weighted by atomic mass is 32.1. The van der Waals surface area contributed by atoms with E-state index in [1.807, 2.05) is 52.1 Å². The number of likely N-dealkylation sites (tertiary alicyclic amines) is 1. The number of piperidine rings is 1. The molecule has 2 aromatic carbocycles. The summed E-state index contributed by atoms with van der Waals surface area (Å²) < 4.78 is 1.96. The van der Waals surface area contributed by atoms with Gasteiger partial charge in [-0.1, -0.05) is 12.1 Å². The summed E-state index contributed by atoms with van der Waals surface area (Å²) in [6.07, 6.45) is 8.85. The van der Waals surface area contributed by atoms with Gasteiger partial charge in [0.1, 0.15) is 0 Å². The molecular weight excluding hydrogens is 394 g/mol. The number of anilines is 1. The Morgan fingerprint density at radius 2 is 1.73 bits per heavy atom. The molecule has 0 atom stereocenters. The van der Waals surface area contributed by atoms with Crippen LogP contribution in [0.1, 0.15) is 35.2 Å². The summed E-state index contributed by atoms with van der Waals surface area (Å²) >= 11 is 5.40. The number of hydrogen-bond donors (Lipinski definition) is 2. The number of hydrogen-bond acceptors (Lipinski definition) is 3. The largest absolute Gasteiger partial charge is 0.358 e. The zero-order valence-corrected chi connectivity index (χ0v) is 17.6. The number of benzene rings is 2. The molecule has 0 spiro atoms. The first-order valence-corrected chi connectivity index (χ1v) is 10.6. The van der Waals surface area contributed by atoms with Crippen LogP contribution in [0.4, 0.5) is 5.69 Å². The average Bonchev–Trinajstić information content (AvgIpc) is 3.34. The van der Waals surface area contributed by atoms with Gasteiger partial charge in [-0.2, -0.15) is 0 Å². The molecule has 3 aromatic rings. The molecule has 154 valence electrons. The van der Waals surface area contributed by atoms with Crippen LogP contribution < -0.4 is 10.6 Å². The van der Waals surface area contributed by atoms with Crippen molar-refractivity contribution in [2.24, 2.45) is 0 Å². The van der Waals surface area contributed by atoms with Crippen LogP contribution in [0.25, 0.3) is 5.69 Å². The highest BCUT2D eigenvalue weighted by Gasteiger charge is 2.17. The van der Waals surface area contributed by atoms with Gasteiger partial charge >= 0.3 is 0 Å². The van der Waals surface area contributed by atoms with E-state index in [0.29, 0.717) is 11.7 Å². The Labute approximate surface area is 181 Å². The number of nitrogens with zero attached hydrogens (tertiary/aromatic N) is 3. The molecule has 0 saturated carbocycles. The average molecular weight is 420 g/mol. The van der Waals surface area contributed by atoms with E-state index in [2.05, 4.69) is 27.8 Å². The van der Waals surface area contributed by atoms with E-state index < -0.39 is 0 Å². The number of nitrogens with one attached hydrogen (secondary N) is 2. The minimum Gasteiger partial charge on any atom is -0.358 e. The van der Waals surface area contributed by atoms with Gasteiger partial charge in [-0.3, -0.25) is 4.79 Å². The zero-order valence-electron chi connectivity index (χ0n) is 16.8. The normalized spacial score (nSPS) is 13.7. The summed E-state index contributed by atoms with van der Waals surface area (Å²) in [6.45, 7) is 2.34. The second kappa shape index (κ2) is 9.54. The molecule has 0 radical (unpaired) electrons. The fourth-order valence-electron chi connectivity index (χ4n) is 3.53. The van der Waals surface area contributed by atoms with Crippen molar-refractivity contribution in [3.63, 3.8) is 0 Å². The van der Waals surface area contributed by atoms with Crippen LogP contribution in [0, 0.1) is 0 Å². The molecule has 1 aliphatic heterocycles. The maximum absolute atomic E-state index is 12.6. The Kier molecular flexibility index (Phi) is 6.39. The van der Waals surface area contributed by atoms with Crippen molar-refractivity contribution < 1.29 is 4.79 Å². The summed E-state index contributed by atoms with van der Waals surface area (Å²) in [7, 11) is 0. The van der Waals surface area contributed by atoms with Gasteiger partial charge in [-0.15, -0.1) is 0 Å². The molecular formula is C23H25N5OS. The third-order valence-electron chi connectivity index (χ3n) is 5.22. The van der Waals surface area contributed by atoms with Crippen LogP contribution in [0.2, 0.25) is 0 Å². The summed E-state index contributed by atoms with van der Waals surface area (Å²) in [4.78, 5) is 18.6. The Morgan fingerprint density at radius 3 is 2.40 bits per heavy atom. The first-order valence-electron chi connectivity index (χ1n) is 10.2. The monoisotopic (exact) mass is 419 g/mol. The molecule has 30 heavy (non-hydrogen) atoms. The van der Waals surface area contributed by atoms with Crippen LogP contribution in [0.15, 0.2) is 67.3 Å². The van der Waals surface area contributed by atoms with E-state index in [9.17, 15) is 4.79 Å². The van der Waals surface area contributed by atoms with Crippen LogP contribution in [-0.2, 0) is 6.54 Å². The van der Waals surface area contributed by atoms with E-state index in [0.717, 1.165) is 48.4 Å². The van der Waals surface area contributed by atoms with E-state index in [-0.39, 0.29) is 5.91 Å². The minimum absolute atomic E-state index is 0.112. The summed E-state index contributed by atoms with van der Waals surface area (Å²) in [6, 6.07) is 15.7. The lowest BCUT2D eigenvalue weighted by Gasteiger charge is -2.26. The van der Waals surface area contributed by atoms with Crippen molar-refractivity contribution in [2.75, 3.05) is 18.4 Å². The van der Waals surface area contributed by atoms with Crippen molar-refractivity contribution in [3.05, 3.63) is 78.4 Å². The van der Waals surface area contributed by atoms with Crippen LogP contribution in [-0.4, -0.2) is 38.6 Å². The van der Waals surface area contributed by atoms with E-state index in [1.54, 1.807) is 12.5 Å². The van der Waals surface area contributed by atoms with Crippen molar-refractivity contribution in [2.45, 2.75) is 25.8 Å². The third-order valence-corrected chi connectivity index (χ3v) is 5.47. The molecule has 2 heterocycles. The van der Waals surface area contributed by atoms with Crippen LogP contribution in [0.5, 0.6) is 0 Å². The molecule has 7 heteroatoms. The van der Waals surface area contributed by atoms with Gasteiger partial charge in [0.2, 0.25) is 0 Å². The number of imidazole rings is 1. The van der Waals surface area contributed by atoms with Crippen molar-refractivity contribution in [1.82, 2.24) is 19.8 Å². The van der Waals surface area contributed by atoms with Gasteiger partial charge in [0.05, 0.1) is 6.33 Å². The summed E-state index contributed by atoms with van der Waals surface area (Å²) in [5, 5.41) is 6.94. The van der Waals surface area contributed by atoms with Gasteiger partial charge in [-0.25, -0.2) is 4.98 Å². The zero-order chi connectivity index (χ0) is 20.8. The first kappa shape index (κ1) is 20.1. The lowest BCUT2D eigenvalue weighted by atomic mass is 10.1. The van der Waals surface area contributed by atoms with Gasteiger partial charge in [-0.05, 0) is 73.4 Å². The predicted octanol–water partition coefficient (Wildman–Crippen LogP) is 3.99. The fraction of sp³-hybridized carbons (Fsp3) is 0.261. The van der Waals surface area contributed by atoms with Crippen molar-refractivity contribution in [1.29, 1.82) is 0 Å². The number of aromatic nitrogens is 2. The maximum Gasteiger partial charge on any atom is 0.253 e. The first-order chi connectivity index (χ1) is 14.7. The Bertz CT molecular complexity index is 977. The van der Waals surface area contributed by atoms with Crippen molar-refractivity contribution >= 4 is 28.9 Å². The van der Waals surface area contributed by atoms with E-state index in [4.69, 9.17) is 12.2 Å². The molecule has 0 unspecified atom stereocenters. The highest BCUT2D eigenvalue weighted by Crippen LogP contribution is 2.16. The number of amides is 1. The van der Waals surface area contributed by atoms with Gasteiger partial charge < -0.3 is 20.1 Å². The third kappa shape index (κ3) is 5.04. The van der Waals surface area contributed by atoms with Gasteiger partial charge in [0.15, 0.2) is 5.11 Å². The smallest absolute Gasteiger partial charge is 0.253 e. The molecule has 1 fully saturated rings. The number of carbonyl (C=O) groups excluding carboxylic acids is 1. The van der Waals surface area contributed by atoms with Gasteiger partial charge in [0.25, 0.3) is 5.91 Å². The molecule has 2 N–H and O–H groups in total. The Hall–Kier alpha value is -3.19. The maximum atomic E-state index is 12.6. The standard InChI is InChI=1S/C23H25N5OS/c29-22(27-13-2-1-3-14-27)19-6-8-20(9-7-19)26-23(30)25-16-18-4-10-21(11-5-18)28-15-12-24-17-28/h4-12,15,17H,1-3,13-14,16H2,(H2,25,26,30). The topological polar surface area (TPSA) is 62.2 Å². The quantitative estimate of drug-likeness (QED) is 0.613. The lowest BCUT2D eigenvalue weighted by molar-refractivity contribution is 0.0724. The van der Waals surface area contributed by atoms with E-state index >= 15 is 0 Å². The lowest BCUT2D eigenvalue weighted by Crippen LogP contribution is -2.35. The molecule has 4 rings (SSSR count). The SMILES string of the molecule is O=C(c1ccc(NC(=S)NCc2ccc(-n3ccnc3)cc2)cc1)N1CCCCC1. The molecule has 6 nitrogen and oxygen atoms in total. The van der Waals surface area contributed by atoms with E-state index in [1.165, 1.54) is 6.42 Å². The Balaban J connectivity index is 1.27. The summed E-state index contributed by atoms with van der Waals surface area (Å²) in [5.41, 5.74) is 3.78. The second-order valence-corrected chi connectivity index (χ2v) is 7.78. The summed E-state index contributed by atoms with van der Waals surface area (Å²) in [5.74, 6) is 0.112. The number of thiocarbonyl (C=S) groups is 1. The molecule has 1 amide bonds. The molecule has 1 aromatic heterocycles. The minimum atomic E-state index is 0.112. The fourth-order valence-corrected chi connectivity index (χ4v) is 3.72. The number of rotatable bonds is 5. The molecule has 1 saturated heterocycles. The van der Waals surface area contributed by atoms with Crippen LogP contribution in [0.3, 0.4) is 0 Å². The van der Waals surface area contributed by atoms with Crippen LogP contribution >= 0.6 is 12.2 Å². The van der Waals surface area contributed by atoms with Crippen molar-refractivity contribution in [3.8, 4) is 5.69 Å². The molecule has 0 bridgehead atoms. The predicted molar refractivity (Wildman–Crippen MR) is 123 cm³/mol. The number of carbonyl (C=O) groups is 1. The molecule has 1 aliphatic rings. The molecule has 0 aliphatic carbocycles. The Morgan fingerprint density at radius 1 is 1.00 bits per heavy atom. The van der Waals surface area contributed by atoms with Gasteiger partial charge in [0, 0.05) is 49.0 Å². The highest BCUT2D eigenvalue weighted by molar-refractivity contribution is 7.80.